The van der Waals surface area contributed by atoms with Crippen molar-refractivity contribution in [2.75, 3.05) is 6.61 Å². The molecule has 3 heterocycles. The quantitative estimate of drug-likeness (QED) is 0.407. The van der Waals surface area contributed by atoms with Crippen molar-refractivity contribution in [3.63, 3.8) is 0 Å². The maximum Gasteiger partial charge on any atom is 0.341 e. The lowest BCUT2D eigenvalue weighted by atomic mass is 9.84. The number of aromatic nitrogens is 3. The number of fused-ring (bicyclic) bond motifs is 1. The number of hydrogen-bond donors (Lipinski definition) is 1. The standard InChI is InChI=1S/C26H22ClN5O3/c1-3-35-25(33)22-23(30-26(34)31-24(22)18-6-4-5-7-19(18)27)16-8-10-17(11-9-16)32-15(2)29-20-14-28-13-12-21(20)32/h4-14,22,24H,3H2,1-2H3,(H,31,34). The molecule has 9 heteroatoms. The van der Waals surface area contributed by atoms with Gasteiger partial charge in [0.25, 0.3) is 0 Å². The lowest BCUT2D eigenvalue weighted by molar-refractivity contribution is -0.146. The highest BCUT2D eigenvalue weighted by molar-refractivity contribution is 6.31. The number of rotatable bonds is 5. The van der Waals surface area contributed by atoms with Crippen LogP contribution in [-0.4, -0.2) is 38.9 Å². The summed E-state index contributed by atoms with van der Waals surface area (Å²) < 4.78 is 7.39. The molecule has 2 unspecified atom stereocenters. The normalized spacial score (nSPS) is 17.7. The lowest BCUT2D eigenvalue weighted by Gasteiger charge is -2.31. The molecule has 2 aromatic heterocycles. The third-order valence-electron chi connectivity index (χ3n) is 5.96. The molecule has 8 nitrogen and oxygen atoms in total. The Balaban J connectivity index is 1.57. The monoisotopic (exact) mass is 487 g/mol. The van der Waals surface area contributed by atoms with Crippen molar-refractivity contribution >= 4 is 40.3 Å². The molecular weight excluding hydrogens is 466 g/mol. The zero-order valence-corrected chi connectivity index (χ0v) is 19.9. The minimum atomic E-state index is -0.861. The van der Waals surface area contributed by atoms with E-state index in [4.69, 9.17) is 16.3 Å². The van der Waals surface area contributed by atoms with Gasteiger partial charge in [0.2, 0.25) is 0 Å². The Bertz CT molecular complexity index is 1460. The second-order valence-electron chi connectivity index (χ2n) is 8.08. The number of aryl methyl sites for hydroxylation is 1. The molecule has 0 fully saturated rings. The number of pyridine rings is 1. The second kappa shape index (κ2) is 9.31. The van der Waals surface area contributed by atoms with Crippen molar-refractivity contribution in [3.8, 4) is 5.69 Å². The van der Waals surface area contributed by atoms with Crippen LogP contribution in [0.25, 0.3) is 16.7 Å². The number of imidazole rings is 1. The second-order valence-corrected chi connectivity index (χ2v) is 8.49. The molecule has 176 valence electrons. The highest BCUT2D eigenvalue weighted by atomic mass is 35.5. The van der Waals surface area contributed by atoms with Crippen LogP contribution in [-0.2, 0) is 9.53 Å². The van der Waals surface area contributed by atoms with Crippen LogP contribution in [0.4, 0.5) is 4.79 Å². The predicted octanol–water partition coefficient (Wildman–Crippen LogP) is 4.82. The fourth-order valence-corrected chi connectivity index (χ4v) is 4.71. The molecule has 1 aliphatic heterocycles. The topological polar surface area (TPSA) is 98.5 Å². The highest BCUT2D eigenvalue weighted by Gasteiger charge is 2.41. The lowest BCUT2D eigenvalue weighted by Crippen LogP contribution is -2.45. The van der Waals surface area contributed by atoms with E-state index in [1.807, 2.05) is 47.9 Å². The van der Waals surface area contributed by atoms with E-state index in [2.05, 4.69) is 20.3 Å². The molecule has 5 rings (SSSR count). The van der Waals surface area contributed by atoms with Crippen molar-refractivity contribution in [1.82, 2.24) is 19.9 Å². The molecule has 0 saturated carbocycles. The Morgan fingerprint density at radius 2 is 1.91 bits per heavy atom. The number of carbonyl (C=O) groups is 2. The Kier molecular flexibility index (Phi) is 6.05. The van der Waals surface area contributed by atoms with Gasteiger partial charge in [0.05, 0.1) is 30.1 Å². The average molecular weight is 488 g/mol. The minimum absolute atomic E-state index is 0.201. The number of carbonyl (C=O) groups excluding carboxylic acids is 2. The number of amides is 2. The minimum Gasteiger partial charge on any atom is -0.465 e. The van der Waals surface area contributed by atoms with Crippen molar-refractivity contribution in [3.05, 3.63) is 89.0 Å². The van der Waals surface area contributed by atoms with E-state index in [9.17, 15) is 9.59 Å². The summed E-state index contributed by atoms with van der Waals surface area (Å²) in [6, 6.07) is 15.3. The van der Waals surface area contributed by atoms with Crippen molar-refractivity contribution in [1.29, 1.82) is 0 Å². The molecule has 2 aromatic carbocycles. The van der Waals surface area contributed by atoms with Crippen molar-refractivity contribution in [2.24, 2.45) is 10.9 Å². The van der Waals surface area contributed by atoms with Gasteiger partial charge in [0.15, 0.2) is 0 Å². The van der Waals surface area contributed by atoms with Gasteiger partial charge in [-0.1, -0.05) is 41.9 Å². The summed E-state index contributed by atoms with van der Waals surface area (Å²) in [5.41, 5.74) is 4.22. The number of halogens is 1. The summed E-state index contributed by atoms with van der Waals surface area (Å²) in [7, 11) is 0. The van der Waals surface area contributed by atoms with E-state index in [1.54, 1.807) is 37.5 Å². The van der Waals surface area contributed by atoms with Gasteiger partial charge in [-0.3, -0.25) is 14.3 Å². The number of urea groups is 1. The molecule has 2 atom stereocenters. The first-order valence-electron chi connectivity index (χ1n) is 11.2. The SMILES string of the molecule is CCOC(=O)C1C(c2ccc(-n3c(C)nc4cnccc43)cc2)=NC(=O)NC1c1ccccc1Cl. The van der Waals surface area contributed by atoms with E-state index < -0.39 is 24.0 Å². The Hall–Kier alpha value is -4.04. The van der Waals surface area contributed by atoms with E-state index in [0.29, 0.717) is 21.9 Å². The molecule has 0 radical (unpaired) electrons. The number of nitrogens with zero attached hydrogens (tertiary/aromatic N) is 4. The number of nitrogens with one attached hydrogen (secondary N) is 1. The largest absolute Gasteiger partial charge is 0.465 e. The van der Waals surface area contributed by atoms with E-state index in [0.717, 1.165) is 22.5 Å². The number of esters is 1. The highest BCUT2D eigenvalue weighted by Crippen LogP contribution is 2.34. The van der Waals surface area contributed by atoms with Crippen LogP contribution in [0.2, 0.25) is 5.02 Å². The molecule has 4 aromatic rings. The first-order valence-corrected chi connectivity index (χ1v) is 11.6. The van der Waals surface area contributed by atoms with Gasteiger partial charge in [-0.05, 0) is 49.2 Å². The number of ether oxygens (including phenoxy) is 1. The summed E-state index contributed by atoms with van der Waals surface area (Å²) in [5.74, 6) is -0.525. The zero-order valence-electron chi connectivity index (χ0n) is 19.1. The fraction of sp³-hybridized carbons (Fsp3) is 0.192. The van der Waals surface area contributed by atoms with Crippen LogP contribution in [0.5, 0.6) is 0 Å². The first kappa shape index (κ1) is 22.7. The molecule has 1 N–H and O–H groups in total. The Morgan fingerprint density at radius 3 is 2.66 bits per heavy atom. The zero-order chi connectivity index (χ0) is 24.5. The summed E-state index contributed by atoms with van der Waals surface area (Å²) in [5, 5.41) is 3.24. The van der Waals surface area contributed by atoms with Gasteiger partial charge in [0, 0.05) is 16.9 Å². The maximum absolute atomic E-state index is 13.1. The smallest absolute Gasteiger partial charge is 0.341 e. The molecule has 1 aliphatic rings. The van der Waals surface area contributed by atoms with E-state index in [1.165, 1.54) is 0 Å². The third-order valence-corrected chi connectivity index (χ3v) is 6.30. The molecule has 0 spiro atoms. The summed E-state index contributed by atoms with van der Waals surface area (Å²) in [4.78, 5) is 38.6. The van der Waals surface area contributed by atoms with Crippen LogP contribution in [0, 0.1) is 12.8 Å². The van der Waals surface area contributed by atoms with Crippen LogP contribution in [0.1, 0.15) is 29.9 Å². The fourth-order valence-electron chi connectivity index (χ4n) is 4.45. The molecule has 35 heavy (non-hydrogen) atoms. The maximum atomic E-state index is 13.1. The van der Waals surface area contributed by atoms with Crippen LogP contribution in [0.3, 0.4) is 0 Å². The third kappa shape index (κ3) is 4.17. The van der Waals surface area contributed by atoms with Gasteiger partial charge in [-0.25, -0.2) is 9.78 Å². The average Bonchev–Trinajstić information content (AvgIpc) is 3.19. The van der Waals surface area contributed by atoms with Crippen LogP contribution in [0.15, 0.2) is 72.0 Å². The van der Waals surface area contributed by atoms with Crippen molar-refractivity contribution < 1.29 is 14.3 Å². The van der Waals surface area contributed by atoms with Gasteiger partial charge >= 0.3 is 12.0 Å². The summed E-state index contributed by atoms with van der Waals surface area (Å²) in [6.07, 6.45) is 3.45. The van der Waals surface area contributed by atoms with E-state index >= 15 is 0 Å². The van der Waals surface area contributed by atoms with Gasteiger partial charge in [-0.2, -0.15) is 4.99 Å². The molecular formula is C26H22ClN5O3. The number of hydrogen-bond acceptors (Lipinski definition) is 5. The van der Waals surface area contributed by atoms with Crippen LogP contribution >= 0.6 is 11.6 Å². The van der Waals surface area contributed by atoms with Gasteiger partial charge < -0.3 is 10.1 Å². The molecule has 0 aliphatic carbocycles. The van der Waals surface area contributed by atoms with Gasteiger partial charge in [0.1, 0.15) is 17.3 Å². The van der Waals surface area contributed by atoms with Gasteiger partial charge in [-0.15, -0.1) is 0 Å². The summed E-state index contributed by atoms with van der Waals surface area (Å²) in [6.45, 7) is 3.86. The predicted molar refractivity (Wildman–Crippen MR) is 133 cm³/mol. The van der Waals surface area contributed by atoms with E-state index in [-0.39, 0.29) is 6.61 Å². The number of benzene rings is 2. The molecule has 0 saturated heterocycles. The first-order chi connectivity index (χ1) is 17.0. The molecule has 0 bridgehead atoms. The van der Waals surface area contributed by atoms with Crippen LogP contribution < -0.4 is 5.32 Å². The molecule has 2 amide bonds. The van der Waals surface area contributed by atoms with Crippen molar-refractivity contribution in [2.45, 2.75) is 19.9 Å². The Morgan fingerprint density at radius 1 is 1.14 bits per heavy atom. The Labute approximate surface area is 206 Å². The number of aliphatic imine (C=N–C) groups is 1. The summed E-state index contributed by atoms with van der Waals surface area (Å²) >= 11 is 6.43.